The van der Waals surface area contributed by atoms with E-state index in [-0.39, 0.29) is 12.6 Å². The SMILES string of the molecule is CN(CCO)C(=O)N1CC[CH]CC1. The first-order valence-corrected chi connectivity index (χ1v) is 4.68. The van der Waals surface area contributed by atoms with Gasteiger partial charge < -0.3 is 14.9 Å². The van der Waals surface area contributed by atoms with Crippen LogP contribution in [0.3, 0.4) is 0 Å². The van der Waals surface area contributed by atoms with E-state index in [2.05, 4.69) is 6.42 Å². The normalized spacial score (nSPS) is 17.2. The average molecular weight is 185 g/mol. The number of nitrogens with zero attached hydrogens (tertiary/aromatic N) is 2. The minimum absolute atomic E-state index is 0.0298. The van der Waals surface area contributed by atoms with E-state index < -0.39 is 0 Å². The molecule has 1 saturated heterocycles. The molecule has 0 aliphatic carbocycles. The Morgan fingerprint density at radius 3 is 2.69 bits per heavy atom. The van der Waals surface area contributed by atoms with Gasteiger partial charge >= 0.3 is 6.03 Å². The van der Waals surface area contributed by atoms with Crippen molar-refractivity contribution in [3.05, 3.63) is 6.42 Å². The Morgan fingerprint density at radius 2 is 2.15 bits per heavy atom. The smallest absolute Gasteiger partial charge is 0.319 e. The van der Waals surface area contributed by atoms with Gasteiger partial charge in [0.2, 0.25) is 0 Å². The van der Waals surface area contributed by atoms with Gasteiger partial charge in [0.1, 0.15) is 0 Å². The van der Waals surface area contributed by atoms with Crippen molar-refractivity contribution in [1.29, 1.82) is 0 Å². The fourth-order valence-electron chi connectivity index (χ4n) is 1.43. The van der Waals surface area contributed by atoms with E-state index in [1.165, 1.54) is 0 Å². The van der Waals surface area contributed by atoms with Gasteiger partial charge in [-0.1, -0.05) is 0 Å². The number of aliphatic hydroxyl groups is 1. The number of rotatable bonds is 2. The summed E-state index contributed by atoms with van der Waals surface area (Å²) in [5.74, 6) is 0. The Labute approximate surface area is 79.1 Å². The molecule has 0 aromatic rings. The third-order valence-corrected chi connectivity index (χ3v) is 2.24. The van der Waals surface area contributed by atoms with Gasteiger partial charge in [-0.15, -0.1) is 0 Å². The van der Waals surface area contributed by atoms with Crippen molar-refractivity contribution < 1.29 is 9.90 Å². The van der Waals surface area contributed by atoms with E-state index in [1.807, 2.05) is 4.90 Å². The zero-order valence-electron chi connectivity index (χ0n) is 8.07. The van der Waals surface area contributed by atoms with Gasteiger partial charge in [0.05, 0.1) is 6.61 Å². The molecule has 13 heavy (non-hydrogen) atoms. The van der Waals surface area contributed by atoms with Gasteiger partial charge in [-0.25, -0.2) is 4.79 Å². The predicted octanol–water partition coefficient (Wildman–Crippen LogP) is 0.331. The molecule has 1 aliphatic heterocycles. The largest absolute Gasteiger partial charge is 0.395 e. The lowest BCUT2D eigenvalue weighted by Crippen LogP contribution is -2.44. The van der Waals surface area contributed by atoms with Crippen LogP contribution in [0, 0.1) is 6.42 Å². The number of amides is 2. The lowest BCUT2D eigenvalue weighted by Gasteiger charge is -2.30. The second kappa shape index (κ2) is 5.07. The van der Waals surface area contributed by atoms with Crippen molar-refractivity contribution in [2.45, 2.75) is 12.8 Å². The van der Waals surface area contributed by atoms with Crippen LogP contribution < -0.4 is 0 Å². The van der Waals surface area contributed by atoms with Crippen LogP contribution in [0.2, 0.25) is 0 Å². The van der Waals surface area contributed by atoms with Gasteiger partial charge in [0.25, 0.3) is 0 Å². The Kier molecular flexibility index (Phi) is 4.02. The topological polar surface area (TPSA) is 43.8 Å². The van der Waals surface area contributed by atoms with E-state index in [9.17, 15) is 4.79 Å². The maximum atomic E-state index is 11.6. The summed E-state index contributed by atoms with van der Waals surface area (Å²) in [5.41, 5.74) is 0. The molecule has 2 amide bonds. The third kappa shape index (κ3) is 2.88. The van der Waals surface area contributed by atoms with Crippen LogP contribution in [0.1, 0.15) is 12.8 Å². The number of likely N-dealkylation sites (N-methyl/N-ethyl adjacent to an activating group) is 1. The number of carbonyl (C=O) groups is 1. The third-order valence-electron chi connectivity index (χ3n) is 2.24. The van der Waals surface area contributed by atoms with Crippen LogP contribution in [-0.2, 0) is 0 Å². The first-order chi connectivity index (χ1) is 6.25. The molecule has 0 bridgehead atoms. The van der Waals surface area contributed by atoms with Gasteiger partial charge in [0.15, 0.2) is 0 Å². The highest BCUT2D eigenvalue weighted by Crippen LogP contribution is 2.09. The molecule has 1 radical (unpaired) electrons. The number of likely N-dealkylation sites (tertiary alicyclic amines) is 1. The molecule has 4 nitrogen and oxygen atoms in total. The summed E-state index contributed by atoms with van der Waals surface area (Å²) in [6.07, 6.45) is 4.17. The number of hydrogen-bond acceptors (Lipinski definition) is 2. The first kappa shape index (κ1) is 10.3. The van der Waals surface area contributed by atoms with E-state index in [1.54, 1.807) is 11.9 Å². The monoisotopic (exact) mass is 185 g/mol. The van der Waals surface area contributed by atoms with Crippen LogP contribution in [0.5, 0.6) is 0 Å². The molecule has 1 heterocycles. The lowest BCUT2D eigenvalue weighted by atomic mass is 10.1. The van der Waals surface area contributed by atoms with Crippen LogP contribution in [-0.4, -0.2) is 54.2 Å². The van der Waals surface area contributed by atoms with Gasteiger partial charge in [-0.3, -0.25) is 0 Å². The van der Waals surface area contributed by atoms with Crippen molar-refractivity contribution in [2.75, 3.05) is 33.3 Å². The van der Waals surface area contributed by atoms with E-state index in [4.69, 9.17) is 5.11 Å². The van der Waals surface area contributed by atoms with Crippen LogP contribution in [0.25, 0.3) is 0 Å². The van der Waals surface area contributed by atoms with Crippen molar-refractivity contribution in [1.82, 2.24) is 9.80 Å². The maximum absolute atomic E-state index is 11.6. The molecule has 75 valence electrons. The second-order valence-electron chi connectivity index (χ2n) is 3.28. The fourth-order valence-corrected chi connectivity index (χ4v) is 1.43. The summed E-state index contributed by atoms with van der Waals surface area (Å²) < 4.78 is 0. The Morgan fingerprint density at radius 1 is 1.54 bits per heavy atom. The minimum Gasteiger partial charge on any atom is -0.395 e. The average Bonchev–Trinajstić information content (AvgIpc) is 2.18. The lowest BCUT2D eigenvalue weighted by molar-refractivity contribution is 0.147. The van der Waals surface area contributed by atoms with Crippen molar-refractivity contribution in [2.24, 2.45) is 0 Å². The maximum Gasteiger partial charge on any atom is 0.319 e. The first-order valence-electron chi connectivity index (χ1n) is 4.68. The molecule has 0 aromatic carbocycles. The highest BCUT2D eigenvalue weighted by Gasteiger charge is 2.19. The summed E-state index contributed by atoms with van der Waals surface area (Å²) in [6, 6.07) is 0.0298. The van der Waals surface area contributed by atoms with Crippen LogP contribution in [0.15, 0.2) is 0 Å². The predicted molar refractivity (Wildman–Crippen MR) is 50.2 cm³/mol. The van der Waals surface area contributed by atoms with Crippen molar-refractivity contribution in [3.63, 3.8) is 0 Å². The molecule has 0 atom stereocenters. The zero-order chi connectivity index (χ0) is 9.68. The van der Waals surface area contributed by atoms with Gasteiger partial charge in [-0.05, 0) is 19.3 Å². The molecular formula is C9H17N2O2. The molecule has 1 N–H and O–H groups in total. The summed E-state index contributed by atoms with van der Waals surface area (Å²) in [4.78, 5) is 15.0. The molecule has 0 saturated carbocycles. The van der Waals surface area contributed by atoms with Crippen molar-refractivity contribution >= 4 is 6.03 Å². The second-order valence-corrected chi connectivity index (χ2v) is 3.28. The number of urea groups is 1. The summed E-state index contributed by atoms with van der Waals surface area (Å²) in [6.45, 7) is 2.07. The number of piperidine rings is 1. The van der Waals surface area contributed by atoms with Gasteiger partial charge in [-0.2, -0.15) is 0 Å². The Hall–Kier alpha value is -0.770. The molecule has 0 unspecified atom stereocenters. The number of carbonyl (C=O) groups excluding carboxylic acids is 1. The fraction of sp³-hybridized carbons (Fsp3) is 0.778. The Balaban J connectivity index is 2.36. The molecule has 0 aromatic heterocycles. The summed E-state index contributed by atoms with van der Waals surface area (Å²) in [7, 11) is 1.72. The van der Waals surface area contributed by atoms with E-state index in [0.29, 0.717) is 6.54 Å². The number of aliphatic hydroxyl groups excluding tert-OH is 1. The number of hydrogen-bond donors (Lipinski definition) is 1. The molecule has 1 aliphatic rings. The molecule has 4 heteroatoms. The molecule has 1 fully saturated rings. The minimum atomic E-state index is 0.0298. The summed E-state index contributed by atoms with van der Waals surface area (Å²) >= 11 is 0. The van der Waals surface area contributed by atoms with Gasteiger partial charge in [0, 0.05) is 26.7 Å². The molecular weight excluding hydrogens is 168 g/mol. The highest BCUT2D eigenvalue weighted by molar-refractivity contribution is 5.74. The summed E-state index contributed by atoms with van der Waals surface area (Å²) in [5, 5.41) is 8.67. The van der Waals surface area contributed by atoms with E-state index >= 15 is 0 Å². The highest BCUT2D eigenvalue weighted by atomic mass is 16.3. The van der Waals surface area contributed by atoms with E-state index in [0.717, 1.165) is 25.9 Å². The molecule has 1 rings (SSSR count). The zero-order valence-corrected chi connectivity index (χ0v) is 8.07. The Bertz CT molecular complexity index is 167. The molecule has 0 spiro atoms. The van der Waals surface area contributed by atoms with Crippen LogP contribution in [0.4, 0.5) is 4.79 Å². The standard InChI is InChI=1S/C9H17N2O2/c1-10(7-8-12)9(13)11-5-3-2-4-6-11/h2,12H,3-8H2,1H3. The van der Waals surface area contributed by atoms with Crippen LogP contribution >= 0.6 is 0 Å². The quantitative estimate of drug-likeness (QED) is 0.673. The van der Waals surface area contributed by atoms with Crippen molar-refractivity contribution in [3.8, 4) is 0 Å².